The fraction of sp³-hybridized carbons (Fsp3) is 0.273. The minimum atomic E-state index is -0.138. The van der Waals surface area contributed by atoms with Crippen LogP contribution < -0.4 is 5.32 Å². The first-order valence-corrected chi connectivity index (χ1v) is 13.5. The van der Waals surface area contributed by atoms with E-state index in [0.717, 1.165) is 41.4 Å². The summed E-state index contributed by atoms with van der Waals surface area (Å²) in [6, 6.07) is 11.5. The molecule has 5 rings (SSSR count). The molecule has 33 heavy (non-hydrogen) atoms. The van der Waals surface area contributed by atoms with Crippen LogP contribution in [0.5, 0.6) is 0 Å². The van der Waals surface area contributed by atoms with Gasteiger partial charge < -0.3 is 10.1 Å². The van der Waals surface area contributed by atoms with E-state index in [1.165, 1.54) is 23.1 Å². The van der Waals surface area contributed by atoms with Crippen LogP contribution in [0.4, 0.5) is 5.13 Å². The average molecular weight is 518 g/mol. The van der Waals surface area contributed by atoms with Crippen LogP contribution in [0.15, 0.2) is 52.3 Å². The second-order valence-electron chi connectivity index (χ2n) is 7.41. The van der Waals surface area contributed by atoms with E-state index in [9.17, 15) is 4.79 Å². The number of hydrogen-bond donors (Lipinski definition) is 1. The molecule has 1 aliphatic heterocycles. The number of nitrogens with one attached hydrogen (secondary N) is 1. The van der Waals surface area contributed by atoms with Crippen molar-refractivity contribution in [2.45, 2.75) is 30.6 Å². The first-order chi connectivity index (χ1) is 16.2. The van der Waals surface area contributed by atoms with Crippen molar-refractivity contribution in [2.24, 2.45) is 0 Å². The lowest BCUT2D eigenvalue weighted by atomic mass is 10.2. The molecule has 1 saturated heterocycles. The summed E-state index contributed by atoms with van der Waals surface area (Å²) < 4.78 is 7.90. The van der Waals surface area contributed by atoms with Gasteiger partial charge in [-0.3, -0.25) is 9.36 Å². The van der Waals surface area contributed by atoms with Crippen LogP contribution in [-0.4, -0.2) is 44.1 Å². The quantitative estimate of drug-likeness (QED) is 0.302. The molecule has 170 valence electrons. The molecule has 4 aromatic rings. The van der Waals surface area contributed by atoms with E-state index < -0.39 is 0 Å². The Labute approximate surface area is 208 Å². The lowest BCUT2D eigenvalue weighted by molar-refractivity contribution is -0.113. The smallest absolute Gasteiger partial charge is 0.236 e. The molecule has 11 heteroatoms. The number of amides is 1. The van der Waals surface area contributed by atoms with Crippen molar-refractivity contribution in [3.8, 4) is 22.0 Å². The molecule has 0 spiro atoms. The highest BCUT2D eigenvalue weighted by atomic mass is 35.5. The van der Waals surface area contributed by atoms with Crippen molar-refractivity contribution in [2.75, 3.05) is 17.7 Å². The number of rotatable bonds is 8. The molecule has 7 nitrogen and oxygen atoms in total. The summed E-state index contributed by atoms with van der Waals surface area (Å²) in [6.07, 6.45) is 2.24. The molecule has 1 aromatic carbocycles. The zero-order chi connectivity index (χ0) is 22.6. The van der Waals surface area contributed by atoms with E-state index in [1.807, 2.05) is 47.2 Å². The van der Waals surface area contributed by atoms with Crippen LogP contribution in [-0.2, 0) is 16.1 Å². The Hall–Kier alpha value is -2.24. The lowest BCUT2D eigenvalue weighted by Gasteiger charge is -2.14. The Kier molecular flexibility index (Phi) is 7.07. The second-order valence-corrected chi connectivity index (χ2v) is 10.6. The first-order valence-electron chi connectivity index (χ1n) is 10.4. The maximum Gasteiger partial charge on any atom is 0.236 e. The first kappa shape index (κ1) is 22.5. The lowest BCUT2D eigenvalue weighted by Crippen LogP contribution is -2.18. The van der Waals surface area contributed by atoms with Gasteiger partial charge in [-0.15, -0.1) is 32.9 Å². The number of aromatic nitrogens is 4. The third-order valence-corrected chi connectivity index (χ3v) is 7.93. The fourth-order valence-electron chi connectivity index (χ4n) is 3.51. The summed E-state index contributed by atoms with van der Waals surface area (Å²) in [5, 5.41) is 17.5. The minimum absolute atomic E-state index is 0.138. The van der Waals surface area contributed by atoms with E-state index in [2.05, 4.69) is 25.1 Å². The molecule has 0 aliphatic carbocycles. The van der Waals surface area contributed by atoms with Crippen LogP contribution in [0, 0.1) is 0 Å². The minimum Gasteiger partial charge on any atom is -0.376 e. The number of halogens is 1. The Morgan fingerprint density at radius 1 is 1.24 bits per heavy atom. The highest BCUT2D eigenvalue weighted by Crippen LogP contribution is 2.30. The van der Waals surface area contributed by atoms with E-state index in [1.54, 1.807) is 11.3 Å². The van der Waals surface area contributed by atoms with Gasteiger partial charge in [0.1, 0.15) is 0 Å². The molecule has 3 aromatic heterocycles. The van der Waals surface area contributed by atoms with Crippen LogP contribution in [0.3, 0.4) is 0 Å². The maximum absolute atomic E-state index is 12.6. The largest absolute Gasteiger partial charge is 0.376 e. The van der Waals surface area contributed by atoms with Gasteiger partial charge in [0, 0.05) is 22.6 Å². The van der Waals surface area contributed by atoms with E-state index in [-0.39, 0.29) is 17.8 Å². The summed E-state index contributed by atoms with van der Waals surface area (Å²) in [4.78, 5) is 18.2. The summed E-state index contributed by atoms with van der Waals surface area (Å²) >= 11 is 10.3. The monoisotopic (exact) mass is 517 g/mol. The third kappa shape index (κ3) is 5.47. The van der Waals surface area contributed by atoms with E-state index in [4.69, 9.17) is 16.3 Å². The van der Waals surface area contributed by atoms with Gasteiger partial charge >= 0.3 is 0 Å². The Bertz CT molecular complexity index is 1220. The number of carbonyl (C=O) groups excluding carboxylic acids is 1. The predicted molar refractivity (Wildman–Crippen MR) is 134 cm³/mol. The number of benzene rings is 1. The van der Waals surface area contributed by atoms with Crippen LogP contribution in [0.1, 0.15) is 12.8 Å². The van der Waals surface area contributed by atoms with Crippen molar-refractivity contribution in [1.29, 1.82) is 0 Å². The number of ether oxygens (including phenoxy) is 1. The maximum atomic E-state index is 12.6. The number of thiazole rings is 1. The number of anilines is 1. The molecular weight excluding hydrogens is 498 g/mol. The van der Waals surface area contributed by atoms with E-state index in [0.29, 0.717) is 21.9 Å². The molecule has 0 saturated carbocycles. The number of nitrogens with zero attached hydrogens (tertiary/aromatic N) is 4. The van der Waals surface area contributed by atoms with Crippen molar-refractivity contribution in [3.63, 3.8) is 0 Å². The zero-order valence-electron chi connectivity index (χ0n) is 17.4. The second kappa shape index (κ2) is 10.4. The summed E-state index contributed by atoms with van der Waals surface area (Å²) in [5.41, 5.74) is 1.75. The highest BCUT2D eigenvalue weighted by molar-refractivity contribution is 7.99. The van der Waals surface area contributed by atoms with Crippen LogP contribution in [0.25, 0.3) is 22.0 Å². The van der Waals surface area contributed by atoms with Gasteiger partial charge in [0.15, 0.2) is 16.1 Å². The number of hydrogen-bond acceptors (Lipinski definition) is 8. The Balaban J connectivity index is 1.24. The zero-order valence-corrected chi connectivity index (χ0v) is 20.6. The number of carbonyl (C=O) groups is 1. The molecule has 4 heterocycles. The van der Waals surface area contributed by atoms with Gasteiger partial charge in [0.05, 0.1) is 29.0 Å². The predicted octanol–water partition coefficient (Wildman–Crippen LogP) is 5.69. The topological polar surface area (TPSA) is 81.9 Å². The van der Waals surface area contributed by atoms with Gasteiger partial charge in [-0.1, -0.05) is 41.6 Å². The molecular formula is C22H20ClN5O2S3. The fourth-order valence-corrected chi connectivity index (χ4v) is 5.84. The molecule has 0 radical (unpaired) electrons. The summed E-state index contributed by atoms with van der Waals surface area (Å²) in [5.74, 6) is 0.890. The molecule has 1 amide bonds. The van der Waals surface area contributed by atoms with Crippen molar-refractivity contribution in [1.82, 2.24) is 19.7 Å². The van der Waals surface area contributed by atoms with Crippen molar-refractivity contribution in [3.05, 3.63) is 52.2 Å². The molecule has 1 fully saturated rings. The van der Waals surface area contributed by atoms with Crippen molar-refractivity contribution >= 4 is 57.1 Å². The standard InChI is InChI=1S/C22H20ClN5O2S3/c23-15-7-5-14(6-8-15)17-12-32-21(24-17)25-19(29)13-33-22-27-26-20(18-4-2-10-31-18)28(22)11-16-3-1-9-30-16/h2,4-8,10,12,16H,1,3,9,11,13H2,(H,24,25,29). The number of thioether (sulfide) groups is 1. The molecule has 1 N–H and O–H groups in total. The normalized spacial score (nSPS) is 15.7. The van der Waals surface area contributed by atoms with Gasteiger partial charge in [-0.2, -0.15) is 0 Å². The van der Waals surface area contributed by atoms with E-state index >= 15 is 0 Å². The summed E-state index contributed by atoms with van der Waals surface area (Å²) in [6.45, 7) is 1.47. The van der Waals surface area contributed by atoms with Gasteiger partial charge in [0.25, 0.3) is 0 Å². The van der Waals surface area contributed by atoms with Gasteiger partial charge in [-0.05, 0) is 36.4 Å². The molecule has 1 unspecified atom stereocenters. The molecule has 1 atom stereocenters. The summed E-state index contributed by atoms with van der Waals surface area (Å²) in [7, 11) is 0. The van der Waals surface area contributed by atoms with Gasteiger partial charge in [0.2, 0.25) is 5.91 Å². The third-order valence-electron chi connectivity index (χ3n) is 5.09. The van der Waals surface area contributed by atoms with Crippen LogP contribution in [0.2, 0.25) is 5.02 Å². The molecule has 0 bridgehead atoms. The SMILES string of the molecule is O=C(CSc1nnc(-c2cccs2)n1CC1CCCO1)Nc1nc(-c2ccc(Cl)cc2)cs1. The van der Waals surface area contributed by atoms with Crippen molar-refractivity contribution < 1.29 is 9.53 Å². The molecule has 1 aliphatic rings. The van der Waals surface area contributed by atoms with Gasteiger partial charge in [-0.25, -0.2) is 4.98 Å². The Morgan fingerprint density at radius 2 is 2.12 bits per heavy atom. The average Bonchev–Trinajstić information content (AvgIpc) is 3.61. The number of thiophene rings is 1. The van der Waals surface area contributed by atoms with Crippen LogP contribution >= 0.6 is 46.0 Å². The highest BCUT2D eigenvalue weighted by Gasteiger charge is 2.22. The Morgan fingerprint density at radius 3 is 2.88 bits per heavy atom.